The van der Waals surface area contributed by atoms with Crippen LogP contribution in [0.5, 0.6) is 5.75 Å². The van der Waals surface area contributed by atoms with Gasteiger partial charge in [0.1, 0.15) is 11.6 Å². The molecule has 1 saturated heterocycles. The molecule has 5 heteroatoms. The predicted octanol–water partition coefficient (Wildman–Crippen LogP) is 2.70. The minimum Gasteiger partial charge on any atom is -0.492 e. The molecule has 1 aromatic carbocycles. The summed E-state index contributed by atoms with van der Waals surface area (Å²) in [7, 11) is 0. The van der Waals surface area contributed by atoms with Crippen LogP contribution in [0.3, 0.4) is 0 Å². The van der Waals surface area contributed by atoms with Crippen molar-refractivity contribution in [3.8, 4) is 5.75 Å². The predicted molar refractivity (Wildman–Crippen MR) is 76.5 cm³/mol. The molecule has 0 bridgehead atoms. The molecule has 4 nitrogen and oxygen atoms in total. The van der Waals surface area contributed by atoms with Gasteiger partial charge in [-0.3, -0.25) is 4.79 Å². The van der Waals surface area contributed by atoms with E-state index in [9.17, 15) is 9.18 Å². The first-order valence-corrected chi connectivity index (χ1v) is 7.10. The molecule has 110 valence electrons. The molecule has 2 rings (SSSR count). The van der Waals surface area contributed by atoms with Crippen LogP contribution in [-0.4, -0.2) is 24.6 Å². The Balaban J connectivity index is 2.18. The molecule has 0 radical (unpaired) electrons. The van der Waals surface area contributed by atoms with Crippen LogP contribution in [0.2, 0.25) is 0 Å². The maximum Gasteiger partial charge on any atom is 0.244 e. The van der Waals surface area contributed by atoms with Gasteiger partial charge in [0.2, 0.25) is 5.91 Å². The van der Waals surface area contributed by atoms with E-state index in [2.05, 4.69) is 10.6 Å². The van der Waals surface area contributed by atoms with Crippen molar-refractivity contribution in [1.29, 1.82) is 0 Å². The number of hydrogen-bond acceptors (Lipinski definition) is 3. The zero-order valence-electron chi connectivity index (χ0n) is 12.0. The van der Waals surface area contributed by atoms with E-state index in [1.54, 1.807) is 0 Å². The van der Waals surface area contributed by atoms with Crippen LogP contribution in [-0.2, 0) is 4.79 Å². The molecular weight excluding hydrogens is 259 g/mol. The Morgan fingerprint density at radius 1 is 1.50 bits per heavy atom. The standard InChI is InChI=1S/C15H21FN2O2/c1-3-15(8-5-9-17-15)14(19)18-12-7-6-11(16)10-13(12)20-4-2/h6-7,10,17H,3-5,8-9H2,1-2H3,(H,18,19). The summed E-state index contributed by atoms with van der Waals surface area (Å²) in [5.41, 5.74) is -0.00232. The third-order valence-corrected chi connectivity index (χ3v) is 3.77. The van der Waals surface area contributed by atoms with Gasteiger partial charge < -0.3 is 15.4 Å². The van der Waals surface area contributed by atoms with Gasteiger partial charge >= 0.3 is 0 Å². The lowest BCUT2D eigenvalue weighted by Crippen LogP contribution is -2.50. The highest BCUT2D eigenvalue weighted by Crippen LogP contribution is 2.29. The van der Waals surface area contributed by atoms with Crippen molar-refractivity contribution < 1.29 is 13.9 Å². The molecule has 1 amide bonds. The van der Waals surface area contributed by atoms with Crippen molar-refractivity contribution >= 4 is 11.6 Å². The first kappa shape index (κ1) is 14.8. The fourth-order valence-electron chi connectivity index (χ4n) is 2.58. The van der Waals surface area contributed by atoms with Crippen LogP contribution in [0.4, 0.5) is 10.1 Å². The molecule has 1 aliphatic heterocycles. The van der Waals surface area contributed by atoms with Gasteiger partial charge in [-0.15, -0.1) is 0 Å². The molecule has 1 atom stereocenters. The van der Waals surface area contributed by atoms with Crippen LogP contribution in [0.1, 0.15) is 33.1 Å². The summed E-state index contributed by atoms with van der Waals surface area (Å²) in [6.07, 6.45) is 2.54. The average molecular weight is 280 g/mol. The number of nitrogens with one attached hydrogen (secondary N) is 2. The number of rotatable bonds is 5. The first-order valence-electron chi connectivity index (χ1n) is 7.10. The summed E-state index contributed by atoms with van der Waals surface area (Å²) < 4.78 is 18.6. The smallest absolute Gasteiger partial charge is 0.244 e. The number of halogens is 1. The summed E-state index contributed by atoms with van der Waals surface area (Å²) in [6, 6.07) is 4.15. The molecule has 1 aromatic rings. The molecule has 1 fully saturated rings. The molecule has 0 saturated carbocycles. The lowest BCUT2D eigenvalue weighted by atomic mass is 9.93. The van der Waals surface area contributed by atoms with Crippen LogP contribution in [0.15, 0.2) is 18.2 Å². The maximum absolute atomic E-state index is 13.2. The fraction of sp³-hybridized carbons (Fsp3) is 0.533. The molecule has 1 unspecified atom stereocenters. The Bertz CT molecular complexity index is 485. The number of hydrogen-bond donors (Lipinski definition) is 2. The number of benzene rings is 1. The Morgan fingerprint density at radius 2 is 2.30 bits per heavy atom. The quantitative estimate of drug-likeness (QED) is 0.872. The van der Waals surface area contributed by atoms with E-state index in [4.69, 9.17) is 4.74 Å². The maximum atomic E-state index is 13.2. The highest BCUT2D eigenvalue weighted by Gasteiger charge is 2.39. The molecule has 1 aliphatic rings. The number of carbonyl (C=O) groups excluding carboxylic acids is 1. The number of amides is 1. The molecule has 2 N–H and O–H groups in total. The average Bonchev–Trinajstić information content (AvgIpc) is 2.92. The Kier molecular flexibility index (Phi) is 4.60. The van der Waals surface area contributed by atoms with Crippen LogP contribution >= 0.6 is 0 Å². The first-order chi connectivity index (χ1) is 9.61. The molecule has 1 heterocycles. The van der Waals surface area contributed by atoms with Gasteiger partial charge in [0.05, 0.1) is 17.8 Å². The molecule has 0 aliphatic carbocycles. The Labute approximate surface area is 118 Å². The van der Waals surface area contributed by atoms with E-state index < -0.39 is 5.54 Å². The number of carbonyl (C=O) groups is 1. The highest BCUT2D eigenvalue weighted by molar-refractivity contribution is 5.99. The topological polar surface area (TPSA) is 50.4 Å². The Hall–Kier alpha value is -1.62. The lowest BCUT2D eigenvalue weighted by molar-refractivity contribution is -0.122. The zero-order valence-corrected chi connectivity index (χ0v) is 12.0. The lowest BCUT2D eigenvalue weighted by Gasteiger charge is -2.27. The number of anilines is 1. The largest absolute Gasteiger partial charge is 0.492 e. The molecule has 0 spiro atoms. The van der Waals surface area contributed by atoms with Crippen LogP contribution in [0.25, 0.3) is 0 Å². The van der Waals surface area contributed by atoms with Crippen molar-refractivity contribution in [1.82, 2.24) is 5.32 Å². The molecular formula is C15H21FN2O2. The van der Waals surface area contributed by atoms with Crippen molar-refractivity contribution in [3.05, 3.63) is 24.0 Å². The van der Waals surface area contributed by atoms with Crippen LogP contribution in [0, 0.1) is 5.82 Å². The van der Waals surface area contributed by atoms with Crippen molar-refractivity contribution in [2.45, 2.75) is 38.6 Å². The van der Waals surface area contributed by atoms with Gasteiger partial charge in [-0.2, -0.15) is 0 Å². The third-order valence-electron chi connectivity index (χ3n) is 3.77. The molecule has 20 heavy (non-hydrogen) atoms. The molecule has 0 aromatic heterocycles. The summed E-state index contributed by atoms with van der Waals surface area (Å²) in [6.45, 7) is 5.08. The SMILES string of the molecule is CCOc1cc(F)ccc1NC(=O)C1(CC)CCCN1. The second-order valence-electron chi connectivity index (χ2n) is 4.99. The Morgan fingerprint density at radius 3 is 2.90 bits per heavy atom. The second-order valence-corrected chi connectivity index (χ2v) is 4.99. The van der Waals surface area contributed by atoms with Crippen LogP contribution < -0.4 is 15.4 Å². The van der Waals surface area contributed by atoms with Crippen molar-refractivity contribution in [3.63, 3.8) is 0 Å². The van der Waals surface area contributed by atoms with Gasteiger partial charge in [0.15, 0.2) is 0 Å². The minimum absolute atomic E-state index is 0.0786. The van der Waals surface area contributed by atoms with E-state index in [1.807, 2.05) is 13.8 Å². The summed E-state index contributed by atoms with van der Waals surface area (Å²) in [5.74, 6) is -0.0918. The van der Waals surface area contributed by atoms with E-state index in [0.717, 1.165) is 25.8 Å². The van der Waals surface area contributed by atoms with E-state index in [-0.39, 0.29) is 11.7 Å². The summed E-state index contributed by atoms with van der Waals surface area (Å²) >= 11 is 0. The fourth-order valence-corrected chi connectivity index (χ4v) is 2.58. The third kappa shape index (κ3) is 2.93. The monoisotopic (exact) mass is 280 g/mol. The van der Waals surface area contributed by atoms with Gasteiger partial charge in [-0.25, -0.2) is 4.39 Å². The second kappa shape index (κ2) is 6.22. The van der Waals surface area contributed by atoms with E-state index in [0.29, 0.717) is 18.0 Å². The summed E-state index contributed by atoms with van der Waals surface area (Å²) in [4.78, 5) is 12.5. The zero-order chi connectivity index (χ0) is 14.6. The van der Waals surface area contributed by atoms with Crippen molar-refractivity contribution in [2.75, 3.05) is 18.5 Å². The van der Waals surface area contributed by atoms with Crippen molar-refractivity contribution in [2.24, 2.45) is 0 Å². The van der Waals surface area contributed by atoms with Gasteiger partial charge in [-0.1, -0.05) is 6.92 Å². The van der Waals surface area contributed by atoms with E-state index >= 15 is 0 Å². The number of ether oxygens (including phenoxy) is 1. The van der Waals surface area contributed by atoms with Gasteiger partial charge in [0, 0.05) is 6.07 Å². The van der Waals surface area contributed by atoms with Gasteiger partial charge in [-0.05, 0) is 44.9 Å². The highest BCUT2D eigenvalue weighted by atomic mass is 19.1. The van der Waals surface area contributed by atoms with Gasteiger partial charge in [0.25, 0.3) is 0 Å². The summed E-state index contributed by atoms with van der Waals surface area (Å²) in [5, 5.41) is 6.14. The van der Waals surface area contributed by atoms with E-state index in [1.165, 1.54) is 18.2 Å². The minimum atomic E-state index is -0.516. The normalized spacial score (nSPS) is 21.8.